The molecule has 0 spiro atoms. The summed E-state index contributed by atoms with van der Waals surface area (Å²) in [4.78, 5) is 1.11. The number of rotatable bonds is 5. The third kappa shape index (κ3) is 3.90. The molecule has 20 heavy (non-hydrogen) atoms. The summed E-state index contributed by atoms with van der Waals surface area (Å²) in [6.07, 6.45) is 1.04. The number of nitrogens with one attached hydrogen (secondary N) is 1. The van der Waals surface area contributed by atoms with E-state index in [1.165, 1.54) is 11.3 Å². The topological polar surface area (TPSA) is 12.0 Å². The smallest absolute Gasteiger partial charge is 0.107 e. The Labute approximate surface area is 146 Å². The zero-order valence-corrected chi connectivity index (χ0v) is 15.4. The molecule has 0 radical (unpaired) electrons. The summed E-state index contributed by atoms with van der Waals surface area (Å²) in [6, 6.07) is 7.54. The lowest BCUT2D eigenvalue weighted by Gasteiger charge is -2.19. The van der Waals surface area contributed by atoms with Gasteiger partial charge >= 0.3 is 0 Å². The summed E-state index contributed by atoms with van der Waals surface area (Å²) < 4.78 is 1.64. The normalized spacial score (nSPS) is 12.7. The quantitative estimate of drug-likeness (QED) is 0.585. The van der Waals surface area contributed by atoms with Crippen LogP contribution < -0.4 is 5.32 Å². The van der Waals surface area contributed by atoms with Crippen molar-refractivity contribution in [2.45, 2.75) is 19.4 Å². The Bertz CT molecular complexity index is 581. The summed E-state index contributed by atoms with van der Waals surface area (Å²) >= 11 is 23.6. The molecule has 1 atom stereocenters. The maximum Gasteiger partial charge on any atom is 0.107 e. The minimum Gasteiger partial charge on any atom is -0.306 e. The van der Waals surface area contributed by atoms with Crippen molar-refractivity contribution in [3.05, 3.63) is 53.6 Å². The van der Waals surface area contributed by atoms with E-state index >= 15 is 0 Å². The van der Waals surface area contributed by atoms with E-state index in [-0.39, 0.29) is 6.04 Å². The predicted octanol–water partition coefficient (Wildman–Crippen LogP) is 6.56. The highest BCUT2D eigenvalue weighted by Crippen LogP contribution is 2.39. The molecule has 1 N–H and O–H groups in total. The molecule has 0 bridgehead atoms. The maximum atomic E-state index is 6.33. The number of halogens is 4. The van der Waals surface area contributed by atoms with Gasteiger partial charge in [0, 0.05) is 19.4 Å². The first-order valence-electron chi connectivity index (χ1n) is 6.16. The molecule has 1 unspecified atom stereocenters. The SMILES string of the molecule is CCCNC(c1cc(Br)c(Cl)s1)c1cc(Cl)ccc1Cl. The van der Waals surface area contributed by atoms with Crippen LogP contribution in [0, 0.1) is 0 Å². The van der Waals surface area contributed by atoms with Gasteiger partial charge in [-0.05, 0) is 58.7 Å². The fraction of sp³-hybridized carbons (Fsp3) is 0.286. The zero-order valence-electron chi connectivity index (χ0n) is 10.7. The van der Waals surface area contributed by atoms with Crippen LogP contribution in [0.1, 0.15) is 29.8 Å². The van der Waals surface area contributed by atoms with Gasteiger partial charge in [-0.2, -0.15) is 0 Å². The molecule has 0 aliphatic heterocycles. The Morgan fingerprint density at radius 3 is 2.60 bits per heavy atom. The van der Waals surface area contributed by atoms with Gasteiger partial charge in [-0.15, -0.1) is 11.3 Å². The largest absolute Gasteiger partial charge is 0.306 e. The average molecular weight is 414 g/mol. The molecule has 0 fully saturated rings. The Morgan fingerprint density at radius 1 is 1.25 bits per heavy atom. The van der Waals surface area contributed by atoms with Crippen molar-refractivity contribution in [3.63, 3.8) is 0 Å². The van der Waals surface area contributed by atoms with E-state index in [4.69, 9.17) is 34.8 Å². The van der Waals surface area contributed by atoms with Gasteiger partial charge in [-0.1, -0.05) is 41.7 Å². The molecule has 0 saturated heterocycles. The summed E-state index contributed by atoms with van der Waals surface area (Å²) in [5.74, 6) is 0. The van der Waals surface area contributed by atoms with Crippen LogP contribution >= 0.6 is 62.1 Å². The number of hydrogen-bond donors (Lipinski definition) is 1. The van der Waals surface area contributed by atoms with Crippen LogP contribution in [0.2, 0.25) is 14.4 Å². The zero-order chi connectivity index (χ0) is 14.7. The van der Waals surface area contributed by atoms with Crippen molar-refractivity contribution in [2.75, 3.05) is 6.54 Å². The first-order chi connectivity index (χ1) is 9.52. The molecule has 0 aliphatic rings. The lowest BCUT2D eigenvalue weighted by molar-refractivity contribution is 0.606. The molecule has 0 aliphatic carbocycles. The lowest BCUT2D eigenvalue weighted by Crippen LogP contribution is -2.22. The third-order valence-electron chi connectivity index (χ3n) is 2.82. The maximum absolute atomic E-state index is 6.33. The molecule has 108 valence electrons. The molecule has 1 heterocycles. The van der Waals surface area contributed by atoms with Gasteiger partial charge in [0.1, 0.15) is 4.34 Å². The molecule has 0 amide bonds. The summed E-state index contributed by atoms with van der Waals surface area (Å²) in [7, 11) is 0. The van der Waals surface area contributed by atoms with Gasteiger partial charge in [-0.3, -0.25) is 0 Å². The molecular formula is C14H13BrCl3NS. The third-order valence-corrected chi connectivity index (χ3v) is 5.94. The van der Waals surface area contributed by atoms with E-state index in [9.17, 15) is 0 Å². The van der Waals surface area contributed by atoms with Gasteiger partial charge in [0.25, 0.3) is 0 Å². The highest BCUT2D eigenvalue weighted by atomic mass is 79.9. The van der Waals surface area contributed by atoms with E-state index < -0.39 is 0 Å². The van der Waals surface area contributed by atoms with Crippen LogP contribution in [0.4, 0.5) is 0 Å². The fourth-order valence-electron chi connectivity index (χ4n) is 1.89. The first kappa shape index (κ1) is 16.6. The average Bonchev–Trinajstić information content (AvgIpc) is 2.74. The molecular weight excluding hydrogens is 400 g/mol. The molecule has 2 rings (SSSR count). The standard InChI is InChI=1S/C14H13BrCl3NS/c1-2-5-19-13(12-7-10(15)14(18)20-12)9-6-8(16)3-4-11(9)17/h3-4,6-7,13,19H,2,5H2,1H3. The van der Waals surface area contributed by atoms with Crippen molar-refractivity contribution in [1.82, 2.24) is 5.32 Å². The Balaban J connectivity index is 2.43. The highest BCUT2D eigenvalue weighted by molar-refractivity contribution is 9.10. The fourth-order valence-corrected chi connectivity index (χ4v) is 4.13. The van der Waals surface area contributed by atoms with E-state index in [0.717, 1.165) is 32.2 Å². The second-order valence-electron chi connectivity index (χ2n) is 4.32. The summed E-state index contributed by atoms with van der Waals surface area (Å²) in [5, 5.41) is 4.87. The van der Waals surface area contributed by atoms with Crippen molar-refractivity contribution in [2.24, 2.45) is 0 Å². The van der Waals surface area contributed by atoms with E-state index in [2.05, 4.69) is 28.2 Å². The van der Waals surface area contributed by atoms with Gasteiger partial charge in [0.15, 0.2) is 0 Å². The van der Waals surface area contributed by atoms with Crippen LogP contribution in [-0.4, -0.2) is 6.54 Å². The first-order valence-corrected chi connectivity index (χ1v) is 8.90. The van der Waals surface area contributed by atoms with E-state index in [1.807, 2.05) is 18.2 Å². The number of hydrogen-bond acceptors (Lipinski definition) is 2. The minimum atomic E-state index is -0.00468. The molecule has 1 aromatic carbocycles. The number of benzene rings is 1. The lowest BCUT2D eigenvalue weighted by atomic mass is 10.1. The Kier molecular flexibility index (Phi) is 6.21. The molecule has 0 saturated carbocycles. The molecule has 1 nitrogen and oxygen atoms in total. The van der Waals surface area contributed by atoms with Crippen molar-refractivity contribution >= 4 is 62.1 Å². The second-order valence-corrected chi connectivity index (χ2v) is 7.71. The second kappa shape index (κ2) is 7.48. The Morgan fingerprint density at radius 2 is 2.00 bits per heavy atom. The van der Waals surface area contributed by atoms with E-state index in [0.29, 0.717) is 10.0 Å². The monoisotopic (exact) mass is 411 g/mol. The van der Waals surface area contributed by atoms with Gasteiger partial charge < -0.3 is 5.32 Å². The van der Waals surface area contributed by atoms with Crippen molar-refractivity contribution < 1.29 is 0 Å². The predicted molar refractivity (Wildman–Crippen MR) is 93.6 cm³/mol. The summed E-state index contributed by atoms with van der Waals surface area (Å²) in [6.45, 7) is 3.02. The van der Waals surface area contributed by atoms with Crippen LogP contribution in [0.3, 0.4) is 0 Å². The summed E-state index contributed by atoms with van der Waals surface area (Å²) in [5.41, 5.74) is 0.970. The molecule has 1 aromatic heterocycles. The van der Waals surface area contributed by atoms with Gasteiger partial charge in [0.05, 0.1) is 6.04 Å². The molecule has 2 aromatic rings. The Hall–Kier alpha value is 0.230. The van der Waals surface area contributed by atoms with Gasteiger partial charge in [0.2, 0.25) is 0 Å². The van der Waals surface area contributed by atoms with Crippen molar-refractivity contribution in [1.29, 1.82) is 0 Å². The number of thiophene rings is 1. The van der Waals surface area contributed by atoms with Crippen molar-refractivity contribution in [3.8, 4) is 0 Å². The van der Waals surface area contributed by atoms with Crippen LogP contribution in [0.15, 0.2) is 28.7 Å². The molecule has 6 heteroatoms. The van der Waals surface area contributed by atoms with E-state index in [1.54, 1.807) is 6.07 Å². The highest BCUT2D eigenvalue weighted by Gasteiger charge is 2.20. The van der Waals surface area contributed by atoms with Crippen LogP contribution in [0.5, 0.6) is 0 Å². The minimum absolute atomic E-state index is 0.00468. The van der Waals surface area contributed by atoms with Crippen LogP contribution in [0.25, 0.3) is 0 Å². The van der Waals surface area contributed by atoms with Gasteiger partial charge in [-0.25, -0.2) is 0 Å². The van der Waals surface area contributed by atoms with Crippen LogP contribution in [-0.2, 0) is 0 Å².